The van der Waals surface area contributed by atoms with Gasteiger partial charge in [0.1, 0.15) is 0 Å². The van der Waals surface area contributed by atoms with Gasteiger partial charge in [-0.15, -0.1) is 0 Å². The third-order valence-corrected chi connectivity index (χ3v) is 2.98. The predicted octanol–water partition coefficient (Wildman–Crippen LogP) is 1.15. The largest absolute Gasteiger partial charge is 0.381 e. The van der Waals surface area contributed by atoms with Gasteiger partial charge < -0.3 is 10.5 Å². The van der Waals surface area contributed by atoms with Gasteiger partial charge >= 0.3 is 0 Å². The number of hydrogen-bond acceptors (Lipinski definition) is 2. The summed E-state index contributed by atoms with van der Waals surface area (Å²) in [6.07, 6.45) is 5.13. The predicted molar refractivity (Wildman–Crippen MR) is 44.2 cm³/mol. The molecule has 2 N–H and O–H groups in total. The number of rotatable bonds is 2. The lowest BCUT2D eigenvalue weighted by atomic mass is 9.89. The summed E-state index contributed by atoms with van der Waals surface area (Å²) < 4.78 is 5.29. The molecule has 64 valence electrons. The van der Waals surface area contributed by atoms with E-state index in [0.717, 1.165) is 25.0 Å². The summed E-state index contributed by atoms with van der Waals surface area (Å²) in [5.41, 5.74) is 6.10. The van der Waals surface area contributed by atoms with Crippen molar-refractivity contribution in [3.63, 3.8) is 0 Å². The van der Waals surface area contributed by atoms with Crippen LogP contribution in [0.3, 0.4) is 0 Å². The van der Waals surface area contributed by atoms with E-state index >= 15 is 0 Å². The minimum atomic E-state index is 0.485. The summed E-state index contributed by atoms with van der Waals surface area (Å²) in [7, 11) is 0. The summed E-state index contributed by atoms with van der Waals surface area (Å²) in [6, 6.07) is 0.485. The molecule has 0 radical (unpaired) electrons. The van der Waals surface area contributed by atoms with E-state index in [-0.39, 0.29) is 0 Å². The molecule has 1 aliphatic carbocycles. The van der Waals surface area contributed by atoms with Gasteiger partial charge in [-0.2, -0.15) is 0 Å². The van der Waals surface area contributed by atoms with Crippen LogP contribution >= 0.6 is 0 Å². The van der Waals surface area contributed by atoms with Gasteiger partial charge in [0.2, 0.25) is 0 Å². The molecule has 2 aliphatic rings. The first-order valence-corrected chi connectivity index (χ1v) is 4.71. The van der Waals surface area contributed by atoms with E-state index in [1.807, 2.05) is 0 Å². The van der Waals surface area contributed by atoms with Gasteiger partial charge in [-0.3, -0.25) is 0 Å². The van der Waals surface area contributed by atoms with E-state index < -0.39 is 0 Å². The van der Waals surface area contributed by atoms with Crippen molar-refractivity contribution in [1.82, 2.24) is 0 Å². The first kappa shape index (κ1) is 7.56. The van der Waals surface area contributed by atoms with Crippen molar-refractivity contribution in [3.05, 3.63) is 0 Å². The van der Waals surface area contributed by atoms with Crippen molar-refractivity contribution in [3.8, 4) is 0 Å². The van der Waals surface area contributed by atoms with E-state index in [9.17, 15) is 0 Å². The lowest BCUT2D eigenvalue weighted by molar-refractivity contribution is 0.0560. The first-order chi connectivity index (χ1) is 5.38. The Kier molecular flexibility index (Phi) is 2.14. The van der Waals surface area contributed by atoms with E-state index in [2.05, 4.69) is 0 Å². The molecule has 11 heavy (non-hydrogen) atoms. The molecular weight excluding hydrogens is 138 g/mol. The fraction of sp³-hybridized carbons (Fsp3) is 1.00. The van der Waals surface area contributed by atoms with Crippen molar-refractivity contribution in [1.29, 1.82) is 0 Å². The molecular formula is C9H17NO. The second-order valence-corrected chi connectivity index (χ2v) is 3.86. The second kappa shape index (κ2) is 3.11. The highest BCUT2D eigenvalue weighted by atomic mass is 16.5. The lowest BCUT2D eigenvalue weighted by Gasteiger charge is -2.27. The maximum atomic E-state index is 6.10. The Morgan fingerprint density at radius 2 is 1.55 bits per heavy atom. The molecule has 1 unspecified atom stereocenters. The molecule has 0 aromatic heterocycles. The molecule has 1 heterocycles. The van der Waals surface area contributed by atoms with Gasteiger partial charge in [0.25, 0.3) is 0 Å². The smallest absolute Gasteiger partial charge is 0.0469 e. The molecule has 1 aliphatic heterocycles. The van der Waals surface area contributed by atoms with Crippen LogP contribution in [0.15, 0.2) is 0 Å². The Bertz CT molecular complexity index is 128. The Morgan fingerprint density at radius 3 is 2.09 bits per heavy atom. The molecule has 0 aromatic carbocycles. The molecule has 0 amide bonds. The van der Waals surface area contributed by atoms with Crippen LogP contribution in [0, 0.1) is 11.8 Å². The van der Waals surface area contributed by atoms with E-state index in [4.69, 9.17) is 10.5 Å². The van der Waals surface area contributed by atoms with E-state index in [1.54, 1.807) is 0 Å². The summed E-state index contributed by atoms with van der Waals surface area (Å²) in [5.74, 6) is 1.62. The average Bonchev–Trinajstić information content (AvgIpc) is 2.87. The molecule has 0 spiro atoms. The van der Waals surface area contributed by atoms with Crippen LogP contribution in [-0.4, -0.2) is 19.3 Å². The van der Waals surface area contributed by atoms with Crippen LogP contribution in [-0.2, 0) is 4.74 Å². The summed E-state index contributed by atoms with van der Waals surface area (Å²) >= 11 is 0. The molecule has 1 saturated heterocycles. The van der Waals surface area contributed by atoms with Crippen LogP contribution < -0.4 is 5.73 Å². The van der Waals surface area contributed by atoms with Gasteiger partial charge in [0.05, 0.1) is 0 Å². The molecule has 0 aromatic rings. The van der Waals surface area contributed by atoms with Gasteiger partial charge in [-0.1, -0.05) is 0 Å². The van der Waals surface area contributed by atoms with Crippen LogP contribution in [0.2, 0.25) is 0 Å². The Labute approximate surface area is 68.1 Å². The Balaban J connectivity index is 1.81. The number of hydrogen-bond donors (Lipinski definition) is 1. The highest BCUT2D eigenvalue weighted by molar-refractivity contribution is 4.89. The summed E-state index contributed by atoms with van der Waals surface area (Å²) in [4.78, 5) is 0. The molecule has 2 rings (SSSR count). The van der Waals surface area contributed by atoms with Crippen LogP contribution in [0.1, 0.15) is 25.7 Å². The van der Waals surface area contributed by atoms with Crippen LogP contribution in [0.5, 0.6) is 0 Å². The SMILES string of the molecule is NC(C1CCOCC1)C1CC1. The zero-order valence-corrected chi connectivity index (χ0v) is 6.96. The minimum absolute atomic E-state index is 0.485. The molecule has 2 heteroatoms. The maximum absolute atomic E-state index is 6.10. The topological polar surface area (TPSA) is 35.2 Å². The minimum Gasteiger partial charge on any atom is -0.381 e. The average molecular weight is 155 g/mol. The van der Waals surface area contributed by atoms with Crippen molar-refractivity contribution >= 4 is 0 Å². The lowest BCUT2D eigenvalue weighted by Crippen LogP contribution is -2.35. The zero-order chi connectivity index (χ0) is 7.68. The highest BCUT2D eigenvalue weighted by Crippen LogP contribution is 2.37. The van der Waals surface area contributed by atoms with Crippen molar-refractivity contribution in [2.45, 2.75) is 31.7 Å². The van der Waals surface area contributed by atoms with Crippen LogP contribution in [0.25, 0.3) is 0 Å². The zero-order valence-electron chi connectivity index (χ0n) is 6.96. The molecule has 1 saturated carbocycles. The van der Waals surface area contributed by atoms with Crippen molar-refractivity contribution in [2.24, 2.45) is 17.6 Å². The quantitative estimate of drug-likeness (QED) is 0.649. The third-order valence-electron chi connectivity index (χ3n) is 2.98. The third kappa shape index (κ3) is 1.74. The number of nitrogens with two attached hydrogens (primary N) is 1. The van der Waals surface area contributed by atoms with Gasteiger partial charge in [0, 0.05) is 19.3 Å². The summed E-state index contributed by atoms with van der Waals surface area (Å²) in [5, 5.41) is 0. The summed E-state index contributed by atoms with van der Waals surface area (Å²) in [6.45, 7) is 1.87. The van der Waals surface area contributed by atoms with E-state index in [1.165, 1.54) is 25.7 Å². The van der Waals surface area contributed by atoms with Gasteiger partial charge in [-0.05, 0) is 37.5 Å². The second-order valence-electron chi connectivity index (χ2n) is 3.86. The Hall–Kier alpha value is -0.0800. The monoisotopic (exact) mass is 155 g/mol. The maximum Gasteiger partial charge on any atom is 0.0469 e. The van der Waals surface area contributed by atoms with Crippen molar-refractivity contribution < 1.29 is 4.74 Å². The molecule has 0 bridgehead atoms. The van der Waals surface area contributed by atoms with Crippen molar-refractivity contribution in [2.75, 3.05) is 13.2 Å². The van der Waals surface area contributed by atoms with Crippen LogP contribution in [0.4, 0.5) is 0 Å². The fourth-order valence-corrected chi connectivity index (χ4v) is 1.97. The van der Waals surface area contributed by atoms with Gasteiger partial charge in [0.15, 0.2) is 0 Å². The Morgan fingerprint density at radius 1 is 1.00 bits per heavy atom. The molecule has 2 nitrogen and oxygen atoms in total. The molecule has 1 atom stereocenters. The first-order valence-electron chi connectivity index (χ1n) is 4.71. The van der Waals surface area contributed by atoms with E-state index in [0.29, 0.717) is 6.04 Å². The normalized spacial score (nSPS) is 30.3. The highest BCUT2D eigenvalue weighted by Gasteiger charge is 2.34. The molecule has 2 fully saturated rings. The standard InChI is InChI=1S/C9H17NO/c10-9(7-1-2-7)8-3-5-11-6-4-8/h7-9H,1-6,10H2. The number of ether oxygens (including phenoxy) is 1. The van der Waals surface area contributed by atoms with Gasteiger partial charge in [-0.25, -0.2) is 0 Å². The fourth-order valence-electron chi connectivity index (χ4n) is 1.97.